The number of carboxylic acids is 2. The predicted molar refractivity (Wildman–Crippen MR) is 348 cm³/mol. The molecule has 14 atom stereocenters. The number of halogens is 10. The van der Waals surface area contributed by atoms with Crippen molar-refractivity contribution in [1.82, 2.24) is 0 Å². The van der Waals surface area contributed by atoms with Crippen molar-refractivity contribution in [2.75, 3.05) is 20.8 Å². The second kappa shape index (κ2) is 24.3. The van der Waals surface area contributed by atoms with Gasteiger partial charge in [0.1, 0.15) is 56.7 Å². The number of carbonyl (C=O) groups is 5. The minimum atomic E-state index is -1.55. The Morgan fingerprint density at radius 1 is 0.384 bits per heavy atom. The van der Waals surface area contributed by atoms with E-state index < -0.39 is 102 Å². The van der Waals surface area contributed by atoms with E-state index in [1.54, 1.807) is 0 Å². The predicted octanol–water partition coefficient (Wildman–Crippen LogP) is 17.4. The van der Waals surface area contributed by atoms with Gasteiger partial charge in [0.15, 0.2) is 5.78 Å². The van der Waals surface area contributed by atoms with Gasteiger partial charge in [-0.1, -0.05) is 44.2 Å². The Labute approximate surface area is 576 Å². The lowest BCUT2D eigenvalue weighted by molar-refractivity contribution is -0.218. The summed E-state index contributed by atoms with van der Waals surface area (Å²) in [6.07, 6.45) is 17.0. The van der Waals surface area contributed by atoms with Crippen LogP contribution in [0.15, 0.2) is 30.3 Å². The van der Waals surface area contributed by atoms with E-state index in [4.69, 9.17) is 15.2 Å². The summed E-state index contributed by atoms with van der Waals surface area (Å²) in [6, 6.07) is 9.22. The molecule has 0 saturated heterocycles. The lowest BCUT2D eigenvalue weighted by Gasteiger charge is -2.61. The zero-order valence-electron chi connectivity index (χ0n) is 58.6. The van der Waals surface area contributed by atoms with Crippen LogP contribution in [0.1, 0.15) is 268 Å². The van der Waals surface area contributed by atoms with Gasteiger partial charge in [-0.25, -0.2) is 43.9 Å². The van der Waals surface area contributed by atoms with Crippen molar-refractivity contribution in [3.05, 3.63) is 35.9 Å². The third-order valence-corrected chi connectivity index (χ3v) is 28.5. The van der Waals surface area contributed by atoms with Crippen LogP contribution in [0.2, 0.25) is 0 Å². The fraction of sp³-hybridized carbons (Fsp3) is 0.859. The molecule has 1 aromatic rings. The molecule has 25 rings (SSSR count). The summed E-state index contributed by atoms with van der Waals surface area (Å²) in [5, 5.41) is 28.7. The molecular formula is C78H107F10NO10. The molecule has 554 valence electrons. The second-order valence-electron chi connectivity index (χ2n) is 37.9. The highest BCUT2D eigenvalue weighted by Gasteiger charge is 2.72. The molecule has 14 unspecified atom stereocenters. The van der Waals surface area contributed by atoms with Crippen molar-refractivity contribution >= 4 is 29.7 Å². The van der Waals surface area contributed by atoms with E-state index in [2.05, 4.69) is 0 Å². The number of hydrogen-bond donors (Lipinski definition) is 4. The topological polar surface area (TPSA) is 191 Å². The molecule has 0 heterocycles. The maximum Gasteiger partial charge on any atom is 0.312 e. The number of aliphatic carboxylic acids is 2. The minimum absolute atomic E-state index is 0.0186. The van der Waals surface area contributed by atoms with Crippen LogP contribution in [0.4, 0.5) is 43.9 Å². The van der Waals surface area contributed by atoms with E-state index in [1.165, 1.54) is 14.2 Å². The van der Waals surface area contributed by atoms with Gasteiger partial charge in [-0.15, -0.1) is 0 Å². The summed E-state index contributed by atoms with van der Waals surface area (Å²) >= 11 is 0. The molecule has 21 heteroatoms. The molecule has 0 aliphatic heterocycles. The summed E-state index contributed by atoms with van der Waals surface area (Å²) in [7, 11) is 2.65. The van der Waals surface area contributed by atoms with Gasteiger partial charge in [0.05, 0.1) is 41.5 Å². The van der Waals surface area contributed by atoms with Crippen LogP contribution in [0.3, 0.4) is 0 Å². The monoisotopic (exact) mass is 1410 g/mol. The van der Waals surface area contributed by atoms with Gasteiger partial charge in [0.2, 0.25) is 0 Å². The molecule has 24 aliphatic rings. The lowest BCUT2D eigenvalue weighted by Crippen LogP contribution is -2.63. The first-order valence-corrected chi connectivity index (χ1v) is 37.5. The molecule has 0 spiro atoms. The largest absolute Gasteiger partial charge is 0.481 e. The normalized spacial score (nSPS) is 52.0. The van der Waals surface area contributed by atoms with E-state index in [0.29, 0.717) is 165 Å². The number of nitrogens with two attached hydrogens (primary N) is 1. The average Bonchev–Trinajstić information content (AvgIpc) is 0.715. The number of benzene rings is 1. The molecule has 24 aliphatic carbocycles. The number of aliphatic hydroxyl groups is 1. The highest BCUT2D eigenvalue weighted by Crippen LogP contribution is 2.71. The number of hydrogen-bond acceptors (Lipinski definition) is 9. The first kappa shape index (κ1) is 73.3. The molecule has 0 amide bonds. The molecular weight excluding hydrogens is 1300 g/mol. The second-order valence-corrected chi connectivity index (χ2v) is 37.9. The number of ether oxygens (including phenoxy) is 2. The number of esters is 2. The van der Waals surface area contributed by atoms with Crippen LogP contribution in [0.25, 0.3) is 0 Å². The SMILES string of the molecule is CC.COC(=O)C12CC3CC(F)(CC(F)(C3)C1)C2.COC(=O)C12CC3CC(O)(CC(F)(C3)C1)C2.NCC12CC3CC(F)(CC(F)(C3)C1)C2.O=C(CCC12CC3CC(F)(CC(F)(C3)C1)C2)c1ccccc1.O=C(O)C12CC3CC(CC(F)(C3)C1)C2.O=C(O)C12CC3CC(F)(CC(F)(C3)C1)C2. The van der Waals surface area contributed by atoms with E-state index in [9.17, 15) is 83.2 Å². The first-order valence-electron chi connectivity index (χ1n) is 37.5. The summed E-state index contributed by atoms with van der Waals surface area (Å²) < 4.78 is 154. The van der Waals surface area contributed by atoms with Crippen LogP contribution >= 0.6 is 0 Å². The van der Waals surface area contributed by atoms with Gasteiger partial charge in [0, 0.05) is 44.1 Å². The van der Waals surface area contributed by atoms with Gasteiger partial charge in [-0.2, -0.15) is 0 Å². The molecule has 0 radical (unpaired) electrons. The van der Waals surface area contributed by atoms with Crippen molar-refractivity contribution in [2.24, 2.45) is 79.6 Å². The number of alkyl halides is 10. The maximum atomic E-state index is 14.9. The smallest absolute Gasteiger partial charge is 0.312 e. The third kappa shape index (κ3) is 13.8. The van der Waals surface area contributed by atoms with E-state index in [0.717, 1.165) is 32.1 Å². The van der Waals surface area contributed by atoms with E-state index in [1.807, 2.05) is 44.2 Å². The Kier molecular flexibility index (Phi) is 18.0. The molecule has 11 nitrogen and oxygen atoms in total. The molecule has 24 fully saturated rings. The maximum absolute atomic E-state index is 14.9. The number of carbonyl (C=O) groups excluding carboxylic acids is 3. The Morgan fingerprint density at radius 2 is 0.697 bits per heavy atom. The molecule has 24 bridgehead atoms. The summed E-state index contributed by atoms with van der Waals surface area (Å²) in [6.45, 7) is 4.46. The van der Waals surface area contributed by atoms with E-state index in [-0.39, 0.29) is 123 Å². The first-order chi connectivity index (χ1) is 46.0. The summed E-state index contributed by atoms with van der Waals surface area (Å²) in [5.74, 6) is -1.19. The third-order valence-electron chi connectivity index (χ3n) is 28.5. The van der Waals surface area contributed by atoms with Crippen molar-refractivity contribution < 1.29 is 92.7 Å². The number of carboxylic acid groups (broad SMARTS) is 2. The van der Waals surface area contributed by atoms with Crippen molar-refractivity contribution in [3.63, 3.8) is 0 Å². The highest BCUT2D eigenvalue weighted by atomic mass is 19.2. The number of Topliss-reactive ketones (excluding diaryl/α,β-unsaturated/α-hetero) is 1. The fourth-order valence-electron chi connectivity index (χ4n) is 28.7. The van der Waals surface area contributed by atoms with Crippen LogP contribution < -0.4 is 5.73 Å². The van der Waals surface area contributed by atoms with Crippen LogP contribution in [-0.4, -0.2) is 128 Å². The van der Waals surface area contributed by atoms with Crippen LogP contribution in [-0.2, 0) is 28.7 Å². The average molecular weight is 1410 g/mol. The molecule has 99 heavy (non-hydrogen) atoms. The van der Waals surface area contributed by atoms with Gasteiger partial charge in [-0.3, -0.25) is 24.0 Å². The van der Waals surface area contributed by atoms with Crippen molar-refractivity contribution in [1.29, 1.82) is 0 Å². The number of methoxy groups -OCH3 is 2. The van der Waals surface area contributed by atoms with Crippen molar-refractivity contribution in [2.45, 2.75) is 320 Å². The molecule has 24 saturated carbocycles. The summed E-state index contributed by atoms with van der Waals surface area (Å²) in [4.78, 5) is 58.4. The minimum Gasteiger partial charge on any atom is -0.481 e. The molecule has 0 aromatic heterocycles. The fourth-order valence-corrected chi connectivity index (χ4v) is 28.7. The Morgan fingerprint density at radius 3 is 1.05 bits per heavy atom. The van der Waals surface area contributed by atoms with Gasteiger partial charge < -0.3 is 30.5 Å². The zero-order chi connectivity index (χ0) is 71.5. The number of rotatable bonds is 9. The Balaban J connectivity index is 0.000000107. The quantitative estimate of drug-likeness (QED) is 0.105. The van der Waals surface area contributed by atoms with E-state index >= 15 is 0 Å². The Bertz CT molecular complexity index is 3150. The highest BCUT2D eigenvalue weighted by molar-refractivity contribution is 5.96. The van der Waals surface area contributed by atoms with Gasteiger partial charge in [0.25, 0.3) is 0 Å². The van der Waals surface area contributed by atoms with Crippen molar-refractivity contribution in [3.8, 4) is 0 Å². The molecule has 1 aromatic carbocycles. The van der Waals surface area contributed by atoms with Crippen LogP contribution in [0, 0.1) is 73.9 Å². The standard InChI is InChI=1S/C19H22F2O.C12H16F2O2.C12H17FO3.C11H17F2N.C11H14F2O2.C11H15FO2.C2H6/c20-18-9-14-8-17(11-18,12-19(21,10-14)13-18)7-6-16(22)15-4-2-1-3-5-15;1-16-9(15)10-2-8-3-11(13,5-10)7-12(14,4-8)6-10;1-16-9(14)10-2-8-3-11(13,5-10)7-12(15,4-8)6-10;12-10-2-8-1-9(4-10,7-14)5-11(13,3-8)6-10;12-10-2-7-1-9(4-10,8(14)15)5-11(13,3-7)6-10;12-11-4-7-1-8(5-11)3-10(2-7,6-11)9(13)14;1-2/h1-5,14H,6-13H2;8H,2-7H2,1H3;8,15H,2-7H2,1H3;8H,1-7,14H2;7H,1-6H2,(H,14,15);7-8H,1-6H2,(H,13,14);1-2H3. The lowest BCUT2D eigenvalue weighted by atomic mass is 9.46. The number of ketones is 1. The molecule has 5 N–H and O–H groups in total. The van der Waals surface area contributed by atoms with Gasteiger partial charge in [-0.05, 0) is 264 Å². The Hall–Kier alpha value is -4.01. The zero-order valence-corrected chi connectivity index (χ0v) is 58.6. The summed E-state index contributed by atoms with van der Waals surface area (Å²) in [5.41, 5.74) is -12.1. The van der Waals surface area contributed by atoms with Crippen LogP contribution in [0.5, 0.6) is 0 Å². The van der Waals surface area contributed by atoms with Gasteiger partial charge >= 0.3 is 23.9 Å².